The summed E-state index contributed by atoms with van der Waals surface area (Å²) >= 11 is 0. The highest BCUT2D eigenvalue weighted by atomic mass is 14.9. The molecule has 0 saturated heterocycles. The van der Waals surface area contributed by atoms with E-state index in [1.807, 2.05) is 7.05 Å². The molecule has 1 aliphatic rings. The highest BCUT2D eigenvalue weighted by molar-refractivity contribution is 4.92. The Hall–Kier alpha value is -0.0800. The fourth-order valence-electron chi connectivity index (χ4n) is 1.52. The van der Waals surface area contributed by atoms with Gasteiger partial charge >= 0.3 is 0 Å². The van der Waals surface area contributed by atoms with Gasteiger partial charge in [-0.05, 0) is 33.2 Å². The van der Waals surface area contributed by atoms with Crippen molar-refractivity contribution in [2.75, 3.05) is 7.05 Å². The van der Waals surface area contributed by atoms with E-state index in [0.29, 0.717) is 6.04 Å². The molecule has 0 aromatic carbocycles. The second-order valence-electron chi connectivity index (χ2n) is 3.38. The summed E-state index contributed by atoms with van der Waals surface area (Å²) in [5.41, 5.74) is 6.01. The Morgan fingerprint density at radius 3 is 2.56 bits per heavy atom. The lowest BCUT2D eigenvalue weighted by Gasteiger charge is -2.16. The van der Waals surface area contributed by atoms with Crippen LogP contribution in [0, 0.1) is 0 Å². The SMILES string of the molecule is CNC1CC[C@@](C)(N)C1. The lowest BCUT2D eigenvalue weighted by atomic mass is 10.0. The smallest absolute Gasteiger partial charge is 0.0141 e. The van der Waals surface area contributed by atoms with Crippen LogP contribution in [0.5, 0.6) is 0 Å². The van der Waals surface area contributed by atoms with Crippen LogP contribution in [-0.2, 0) is 0 Å². The van der Waals surface area contributed by atoms with Crippen LogP contribution in [0.1, 0.15) is 26.2 Å². The molecule has 0 aliphatic heterocycles. The summed E-state index contributed by atoms with van der Waals surface area (Å²) in [5, 5.41) is 3.24. The quantitative estimate of drug-likeness (QED) is 0.539. The predicted molar refractivity (Wildman–Crippen MR) is 39.3 cm³/mol. The highest BCUT2D eigenvalue weighted by Crippen LogP contribution is 2.26. The number of hydrogen-bond acceptors (Lipinski definition) is 2. The van der Waals surface area contributed by atoms with Crippen LogP contribution in [0.4, 0.5) is 0 Å². The molecule has 0 radical (unpaired) electrons. The molecule has 0 aromatic heterocycles. The maximum Gasteiger partial charge on any atom is 0.0141 e. The molecule has 1 aliphatic carbocycles. The summed E-state index contributed by atoms with van der Waals surface area (Å²) in [6.45, 7) is 2.13. The molecule has 2 nitrogen and oxygen atoms in total. The van der Waals surface area contributed by atoms with E-state index in [1.165, 1.54) is 12.8 Å². The standard InChI is InChI=1S/C7H16N2/c1-7(8)4-3-6(5-7)9-2/h6,9H,3-5,8H2,1-2H3/t6?,7-/m1/s1. The zero-order chi connectivity index (χ0) is 6.91. The Bertz CT molecular complexity index is 99.1. The van der Waals surface area contributed by atoms with Gasteiger partial charge in [-0.15, -0.1) is 0 Å². The van der Waals surface area contributed by atoms with Gasteiger partial charge in [0.05, 0.1) is 0 Å². The van der Waals surface area contributed by atoms with Crippen LogP contribution >= 0.6 is 0 Å². The van der Waals surface area contributed by atoms with Gasteiger partial charge in [-0.25, -0.2) is 0 Å². The van der Waals surface area contributed by atoms with E-state index >= 15 is 0 Å². The third-order valence-electron chi connectivity index (χ3n) is 2.18. The third-order valence-corrected chi connectivity index (χ3v) is 2.18. The van der Waals surface area contributed by atoms with E-state index in [4.69, 9.17) is 5.73 Å². The normalized spacial score (nSPS) is 43.7. The van der Waals surface area contributed by atoms with E-state index in [-0.39, 0.29) is 5.54 Å². The van der Waals surface area contributed by atoms with Gasteiger partial charge < -0.3 is 11.1 Å². The maximum atomic E-state index is 5.90. The average molecular weight is 128 g/mol. The average Bonchev–Trinajstić information content (AvgIpc) is 2.10. The molecule has 2 heteroatoms. The van der Waals surface area contributed by atoms with Crippen molar-refractivity contribution in [3.05, 3.63) is 0 Å². The molecule has 0 heterocycles. The second kappa shape index (κ2) is 2.27. The summed E-state index contributed by atoms with van der Waals surface area (Å²) in [5.74, 6) is 0. The number of hydrogen-bond donors (Lipinski definition) is 2. The summed E-state index contributed by atoms with van der Waals surface area (Å²) < 4.78 is 0. The molecule has 0 spiro atoms. The second-order valence-corrected chi connectivity index (χ2v) is 3.38. The molecule has 0 bridgehead atoms. The lowest BCUT2D eigenvalue weighted by Crippen LogP contribution is -2.35. The first-order valence-corrected chi connectivity index (χ1v) is 3.60. The van der Waals surface area contributed by atoms with Gasteiger partial charge in [0.15, 0.2) is 0 Å². The minimum atomic E-state index is 0.105. The van der Waals surface area contributed by atoms with Gasteiger partial charge in [0, 0.05) is 11.6 Å². The van der Waals surface area contributed by atoms with Crippen LogP contribution in [0.2, 0.25) is 0 Å². The van der Waals surface area contributed by atoms with E-state index in [1.54, 1.807) is 0 Å². The van der Waals surface area contributed by atoms with Crippen molar-refractivity contribution in [1.29, 1.82) is 0 Å². The van der Waals surface area contributed by atoms with Crippen molar-refractivity contribution in [3.63, 3.8) is 0 Å². The molecule has 1 saturated carbocycles. The molecule has 54 valence electrons. The first-order chi connectivity index (χ1) is 4.14. The van der Waals surface area contributed by atoms with Crippen molar-refractivity contribution in [2.45, 2.75) is 37.8 Å². The Kier molecular flexibility index (Phi) is 1.78. The summed E-state index contributed by atoms with van der Waals surface area (Å²) in [6.07, 6.45) is 3.53. The number of nitrogens with two attached hydrogens (primary N) is 1. The van der Waals surface area contributed by atoms with Crippen molar-refractivity contribution in [1.82, 2.24) is 5.32 Å². The van der Waals surface area contributed by atoms with Crippen LogP contribution in [0.3, 0.4) is 0 Å². The van der Waals surface area contributed by atoms with Crippen LogP contribution < -0.4 is 11.1 Å². The largest absolute Gasteiger partial charge is 0.325 e. The van der Waals surface area contributed by atoms with Gasteiger partial charge in [0.25, 0.3) is 0 Å². The zero-order valence-corrected chi connectivity index (χ0v) is 6.28. The molecule has 0 amide bonds. The van der Waals surface area contributed by atoms with E-state index in [0.717, 1.165) is 6.42 Å². The van der Waals surface area contributed by atoms with Crippen LogP contribution in [-0.4, -0.2) is 18.6 Å². The monoisotopic (exact) mass is 128 g/mol. The van der Waals surface area contributed by atoms with Crippen LogP contribution in [0.15, 0.2) is 0 Å². The first-order valence-electron chi connectivity index (χ1n) is 3.60. The molecule has 1 unspecified atom stereocenters. The van der Waals surface area contributed by atoms with Crippen molar-refractivity contribution < 1.29 is 0 Å². The molecule has 1 rings (SSSR count). The van der Waals surface area contributed by atoms with Gasteiger partial charge in [0.2, 0.25) is 0 Å². The minimum absolute atomic E-state index is 0.105. The summed E-state index contributed by atoms with van der Waals surface area (Å²) in [6, 6.07) is 0.667. The molecule has 9 heavy (non-hydrogen) atoms. The third kappa shape index (κ3) is 1.66. The Balaban J connectivity index is 2.38. The maximum absolute atomic E-state index is 5.90. The Morgan fingerprint density at radius 2 is 2.33 bits per heavy atom. The van der Waals surface area contributed by atoms with Crippen molar-refractivity contribution >= 4 is 0 Å². The van der Waals surface area contributed by atoms with Gasteiger partial charge in [0.1, 0.15) is 0 Å². The van der Waals surface area contributed by atoms with Gasteiger partial charge in [-0.1, -0.05) is 0 Å². The molecule has 0 aromatic rings. The Morgan fingerprint density at radius 1 is 1.67 bits per heavy atom. The molecular weight excluding hydrogens is 112 g/mol. The minimum Gasteiger partial charge on any atom is -0.325 e. The number of rotatable bonds is 1. The highest BCUT2D eigenvalue weighted by Gasteiger charge is 2.29. The van der Waals surface area contributed by atoms with Gasteiger partial charge in [-0.3, -0.25) is 0 Å². The topological polar surface area (TPSA) is 38.0 Å². The van der Waals surface area contributed by atoms with Crippen molar-refractivity contribution in [3.8, 4) is 0 Å². The number of nitrogens with one attached hydrogen (secondary N) is 1. The fourth-order valence-corrected chi connectivity index (χ4v) is 1.52. The molecule has 1 fully saturated rings. The summed E-state index contributed by atoms with van der Waals surface area (Å²) in [4.78, 5) is 0. The molecular formula is C7H16N2. The summed E-state index contributed by atoms with van der Waals surface area (Å²) in [7, 11) is 2.01. The zero-order valence-electron chi connectivity index (χ0n) is 6.28. The van der Waals surface area contributed by atoms with Crippen LogP contribution in [0.25, 0.3) is 0 Å². The van der Waals surface area contributed by atoms with E-state index in [2.05, 4.69) is 12.2 Å². The lowest BCUT2D eigenvalue weighted by molar-refractivity contribution is 0.464. The van der Waals surface area contributed by atoms with E-state index in [9.17, 15) is 0 Å². The Labute approximate surface area is 56.8 Å². The van der Waals surface area contributed by atoms with Gasteiger partial charge in [-0.2, -0.15) is 0 Å². The fraction of sp³-hybridized carbons (Fsp3) is 1.00. The first kappa shape index (κ1) is 7.03. The van der Waals surface area contributed by atoms with Crippen molar-refractivity contribution in [2.24, 2.45) is 5.73 Å². The molecule has 3 N–H and O–H groups in total. The predicted octanol–water partition coefficient (Wildman–Crippen LogP) is 0.476. The molecule has 2 atom stereocenters. The van der Waals surface area contributed by atoms with E-state index < -0.39 is 0 Å².